The summed E-state index contributed by atoms with van der Waals surface area (Å²) in [6, 6.07) is 9.53. The number of rotatable bonds is 4. The highest BCUT2D eigenvalue weighted by Gasteiger charge is 2.37. The fourth-order valence-corrected chi connectivity index (χ4v) is 3.41. The first-order chi connectivity index (χ1) is 9.70. The zero-order chi connectivity index (χ0) is 14.1. The molecule has 6 heteroatoms. The van der Waals surface area contributed by atoms with Crippen LogP contribution in [0.5, 0.6) is 0 Å². The average molecular weight is 293 g/mol. The minimum Gasteiger partial charge on any atom is -0.609 e. The van der Waals surface area contributed by atoms with E-state index in [2.05, 4.69) is 10.1 Å². The summed E-state index contributed by atoms with van der Waals surface area (Å²) in [5, 5.41) is 4.54. The van der Waals surface area contributed by atoms with Gasteiger partial charge in [-0.1, -0.05) is 37.3 Å². The summed E-state index contributed by atoms with van der Waals surface area (Å²) in [6.45, 7) is 1.95. The fraction of sp³-hybridized carbons (Fsp3) is 0.429. The predicted molar refractivity (Wildman–Crippen MR) is 74.6 cm³/mol. The molecule has 2 aromatic rings. The molecule has 1 aliphatic heterocycles. The topological polar surface area (TPSA) is 53.8 Å². The molecular weight excluding hydrogens is 277 g/mol. The second kappa shape index (κ2) is 5.54. The first kappa shape index (κ1) is 13.6. The van der Waals surface area contributed by atoms with E-state index in [9.17, 15) is 8.94 Å². The third-order valence-corrected chi connectivity index (χ3v) is 4.78. The molecule has 0 bridgehead atoms. The molecule has 0 N–H and O–H groups in total. The maximum atomic E-state index is 14.1. The molecule has 3 rings (SSSR count). The maximum Gasteiger partial charge on any atom is 0.361 e. The molecule has 0 saturated carbocycles. The van der Waals surface area contributed by atoms with Gasteiger partial charge in [0.15, 0.2) is 12.0 Å². The van der Waals surface area contributed by atoms with Crippen molar-refractivity contribution < 1.29 is 8.94 Å². The monoisotopic (exact) mass is 293 g/mol. The van der Waals surface area contributed by atoms with Gasteiger partial charge in [0.05, 0.1) is 6.04 Å². The molecule has 2 heterocycles. The SMILES string of the molecule is CCC[S+]([O-])c1nc2n(n1)C(c1ccccc1)CC2F. The van der Waals surface area contributed by atoms with Gasteiger partial charge in [0, 0.05) is 17.6 Å². The quantitative estimate of drug-likeness (QED) is 0.815. The van der Waals surface area contributed by atoms with Gasteiger partial charge in [0.2, 0.25) is 0 Å². The van der Waals surface area contributed by atoms with Crippen molar-refractivity contribution >= 4 is 11.2 Å². The molecule has 3 atom stereocenters. The number of hydrogen-bond acceptors (Lipinski definition) is 3. The van der Waals surface area contributed by atoms with Crippen LogP contribution in [0.25, 0.3) is 0 Å². The van der Waals surface area contributed by atoms with Crippen LogP contribution in [-0.4, -0.2) is 25.1 Å². The smallest absolute Gasteiger partial charge is 0.361 e. The van der Waals surface area contributed by atoms with Crippen molar-refractivity contribution in [2.45, 2.75) is 37.1 Å². The van der Waals surface area contributed by atoms with Crippen molar-refractivity contribution in [1.29, 1.82) is 0 Å². The maximum absolute atomic E-state index is 14.1. The molecule has 106 valence electrons. The third kappa shape index (κ3) is 2.33. The lowest BCUT2D eigenvalue weighted by Gasteiger charge is -2.11. The van der Waals surface area contributed by atoms with Gasteiger partial charge in [-0.05, 0) is 12.0 Å². The van der Waals surface area contributed by atoms with Crippen molar-refractivity contribution in [3.63, 3.8) is 0 Å². The Hall–Kier alpha value is -1.40. The van der Waals surface area contributed by atoms with E-state index in [0.29, 0.717) is 18.0 Å². The van der Waals surface area contributed by atoms with Gasteiger partial charge in [0.25, 0.3) is 0 Å². The van der Waals surface area contributed by atoms with Gasteiger partial charge in [-0.15, -0.1) is 5.10 Å². The Kier molecular flexibility index (Phi) is 3.76. The van der Waals surface area contributed by atoms with Gasteiger partial charge >= 0.3 is 5.16 Å². The van der Waals surface area contributed by atoms with Crippen LogP contribution in [0.2, 0.25) is 0 Å². The number of aromatic nitrogens is 3. The first-order valence-electron chi connectivity index (χ1n) is 6.74. The van der Waals surface area contributed by atoms with Crippen LogP contribution >= 0.6 is 0 Å². The molecule has 0 saturated heterocycles. The number of benzene rings is 1. The number of alkyl halides is 1. The largest absolute Gasteiger partial charge is 0.609 e. The van der Waals surface area contributed by atoms with Crippen molar-refractivity contribution in [2.75, 3.05) is 5.75 Å². The van der Waals surface area contributed by atoms with E-state index in [1.54, 1.807) is 4.68 Å². The Morgan fingerprint density at radius 1 is 1.40 bits per heavy atom. The highest BCUT2D eigenvalue weighted by Crippen LogP contribution is 2.39. The summed E-state index contributed by atoms with van der Waals surface area (Å²) in [6.07, 6.45) is -0.00221. The number of nitrogens with zero attached hydrogens (tertiary/aromatic N) is 3. The van der Waals surface area contributed by atoms with Gasteiger partial charge in [-0.2, -0.15) is 4.98 Å². The van der Waals surface area contributed by atoms with Crippen LogP contribution in [0, 0.1) is 0 Å². The Balaban J connectivity index is 1.94. The molecule has 0 aliphatic carbocycles. The van der Waals surface area contributed by atoms with Gasteiger partial charge in [-0.3, -0.25) is 0 Å². The van der Waals surface area contributed by atoms with Crippen LogP contribution in [0.1, 0.15) is 43.4 Å². The van der Waals surface area contributed by atoms with Crippen LogP contribution in [-0.2, 0) is 11.2 Å². The number of halogens is 1. The molecule has 0 spiro atoms. The third-order valence-electron chi connectivity index (χ3n) is 3.42. The van der Waals surface area contributed by atoms with E-state index in [0.717, 1.165) is 12.0 Å². The normalized spacial score (nSPS) is 22.8. The van der Waals surface area contributed by atoms with Crippen molar-refractivity contribution in [3.8, 4) is 0 Å². The number of fused-ring (bicyclic) bond motifs is 1. The van der Waals surface area contributed by atoms with Crippen molar-refractivity contribution in [1.82, 2.24) is 14.8 Å². The minimum atomic E-state index is -1.24. The lowest BCUT2D eigenvalue weighted by molar-refractivity contribution is 0.326. The van der Waals surface area contributed by atoms with E-state index in [1.807, 2.05) is 37.3 Å². The van der Waals surface area contributed by atoms with E-state index in [4.69, 9.17) is 0 Å². The van der Waals surface area contributed by atoms with Crippen LogP contribution < -0.4 is 0 Å². The Morgan fingerprint density at radius 3 is 2.85 bits per heavy atom. The standard InChI is InChI=1S/C14H16FN3OS/c1-2-8-20(19)14-16-13-11(15)9-12(18(13)17-14)10-6-4-3-5-7-10/h3-7,11-12H,2,8-9H2,1H3. The average Bonchev–Trinajstić information content (AvgIpc) is 3.01. The van der Waals surface area contributed by atoms with Crippen molar-refractivity contribution in [3.05, 3.63) is 41.7 Å². The summed E-state index contributed by atoms with van der Waals surface area (Å²) < 4.78 is 27.6. The Morgan fingerprint density at radius 2 is 2.15 bits per heavy atom. The summed E-state index contributed by atoms with van der Waals surface area (Å²) in [5.74, 6) is 0.814. The summed E-state index contributed by atoms with van der Waals surface area (Å²) >= 11 is -1.24. The molecular formula is C14H16FN3OS. The number of hydrogen-bond donors (Lipinski definition) is 0. The summed E-state index contributed by atoms with van der Waals surface area (Å²) in [7, 11) is 0. The van der Waals surface area contributed by atoms with Crippen LogP contribution in [0.4, 0.5) is 4.39 Å². The highest BCUT2D eigenvalue weighted by atomic mass is 32.2. The molecule has 0 amide bonds. The van der Waals surface area contributed by atoms with Crippen LogP contribution in [0.3, 0.4) is 0 Å². The minimum absolute atomic E-state index is 0.152. The highest BCUT2D eigenvalue weighted by molar-refractivity contribution is 7.91. The predicted octanol–water partition coefficient (Wildman–Crippen LogP) is 2.80. The Labute approximate surface area is 120 Å². The van der Waals surface area contributed by atoms with Gasteiger partial charge < -0.3 is 4.55 Å². The molecule has 1 aromatic carbocycles. The fourth-order valence-electron chi connectivity index (χ4n) is 2.48. The van der Waals surface area contributed by atoms with E-state index in [1.165, 1.54) is 0 Å². The lowest BCUT2D eigenvalue weighted by atomic mass is 10.0. The second-order valence-electron chi connectivity index (χ2n) is 4.88. The van der Waals surface area contributed by atoms with Crippen LogP contribution in [0.15, 0.2) is 35.5 Å². The Bertz CT molecular complexity index is 589. The van der Waals surface area contributed by atoms with Gasteiger partial charge in [0.1, 0.15) is 5.75 Å². The molecule has 4 nitrogen and oxygen atoms in total. The zero-order valence-corrected chi connectivity index (χ0v) is 12.0. The lowest BCUT2D eigenvalue weighted by Crippen LogP contribution is -2.11. The molecule has 0 radical (unpaired) electrons. The van der Waals surface area contributed by atoms with Crippen molar-refractivity contribution in [2.24, 2.45) is 0 Å². The summed E-state index contributed by atoms with van der Waals surface area (Å²) in [4.78, 5) is 4.14. The molecule has 3 unspecified atom stereocenters. The van der Waals surface area contributed by atoms with Gasteiger partial charge in [-0.25, -0.2) is 9.07 Å². The van der Waals surface area contributed by atoms with E-state index >= 15 is 0 Å². The van der Waals surface area contributed by atoms with E-state index in [-0.39, 0.29) is 11.2 Å². The molecule has 1 aromatic heterocycles. The molecule has 20 heavy (non-hydrogen) atoms. The van der Waals surface area contributed by atoms with E-state index < -0.39 is 17.3 Å². The second-order valence-corrected chi connectivity index (χ2v) is 6.34. The zero-order valence-electron chi connectivity index (χ0n) is 11.2. The molecule has 0 fully saturated rings. The molecule has 1 aliphatic rings. The summed E-state index contributed by atoms with van der Waals surface area (Å²) in [5.41, 5.74) is 1.01. The first-order valence-corrected chi connectivity index (χ1v) is 8.06.